The van der Waals surface area contributed by atoms with E-state index >= 15 is 0 Å². The number of aryl methyl sites for hydroxylation is 1. The van der Waals surface area contributed by atoms with Crippen LogP contribution in [0.15, 0.2) is 12.1 Å². The van der Waals surface area contributed by atoms with Crippen molar-refractivity contribution < 1.29 is 9.84 Å². The van der Waals surface area contributed by atoms with E-state index in [0.717, 1.165) is 21.7 Å². The van der Waals surface area contributed by atoms with Gasteiger partial charge in [0.1, 0.15) is 0 Å². The van der Waals surface area contributed by atoms with E-state index in [1.165, 1.54) is 0 Å². The Morgan fingerprint density at radius 2 is 2.07 bits per heavy atom. The molecule has 1 rings (SSSR count). The van der Waals surface area contributed by atoms with E-state index < -0.39 is 0 Å². The zero-order valence-corrected chi connectivity index (χ0v) is 9.27. The van der Waals surface area contributed by atoms with E-state index in [2.05, 4.69) is 0 Å². The molecule has 1 N–H and O–H groups in total. The number of hydrogen-bond acceptors (Lipinski definition) is 2. The third-order valence-electron chi connectivity index (χ3n) is 2.11. The van der Waals surface area contributed by atoms with Crippen molar-refractivity contribution in [1.82, 2.24) is 0 Å². The maximum absolute atomic E-state index is 9.13. The van der Waals surface area contributed by atoms with Gasteiger partial charge in [-0.1, -0.05) is 17.7 Å². The van der Waals surface area contributed by atoms with Crippen molar-refractivity contribution >= 4 is 11.6 Å². The van der Waals surface area contributed by atoms with Crippen LogP contribution in [-0.4, -0.2) is 11.7 Å². The van der Waals surface area contributed by atoms with Crippen LogP contribution in [0.3, 0.4) is 0 Å². The van der Waals surface area contributed by atoms with E-state index in [1.807, 2.05) is 26.0 Å². The Hall–Kier alpha value is -0.570. The minimum absolute atomic E-state index is 0.0282. The predicted molar refractivity (Wildman–Crippen MR) is 57.4 cm³/mol. The lowest BCUT2D eigenvalue weighted by molar-refractivity contribution is 0.132. The second kappa shape index (κ2) is 5.35. The highest BCUT2D eigenvalue weighted by atomic mass is 35.5. The first-order chi connectivity index (χ1) is 6.69. The van der Waals surface area contributed by atoms with Crippen LogP contribution >= 0.6 is 11.6 Å². The summed E-state index contributed by atoms with van der Waals surface area (Å²) in [6.45, 7) is 5.06. The average molecular weight is 215 g/mol. The van der Waals surface area contributed by atoms with Crippen LogP contribution in [0.5, 0.6) is 0 Å². The van der Waals surface area contributed by atoms with Gasteiger partial charge in [0.2, 0.25) is 0 Å². The average Bonchev–Trinajstić information content (AvgIpc) is 2.19. The molecule has 3 heteroatoms. The van der Waals surface area contributed by atoms with Crippen LogP contribution in [0.2, 0.25) is 5.02 Å². The molecule has 0 saturated heterocycles. The van der Waals surface area contributed by atoms with Gasteiger partial charge in [0, 0.05) is 11.6 Å². The van der Waals surface area contributed by atoms with E-state index in [9.17, 15) is 0 Å². The lowest BCUT2D eigenvalue weighted by Crippen LogP contribution is -1.99. The molecule has 14 heavy (non-hydrogen) atoms. The van der Waals surface area contributed by atoms with Crippen molar-refractivity contribution in [3.63, 3.8) is 0 Å². The highest BCUT2D eigenvalue weighted by Crippen LogP contribution is 2.21. The number of aliphatic hydroxyl groups excluding tert-OH is 1. The molecule has 0 unspecified atom stereocenters. The van der Waals surface area contributed by atoms with Crippen molar-refractivity contribution in [2.24, 2.45) is 0 Å². The van der Waals surface area contributed by atoms with Gasteiger partial charge in [0.05, 0.1) is 13.2 Å². The molecule has 0 aliphatic carbocycles. The first-order valence-corrected chi connectivity index (χ1v) is 5.03. The number of rotatable bonds is 4. The summed E-state index contributed by atoms with van der Waals surface area (Å²) >= 11 is 5.98. The Morgan fingerprint density at radius 3 is 2.64 bits per heavy atom. The van der Waals surface area contributed by atoms with Gasteiger partial charge in [-0.15, -0.1) is 0 Å². The van der Waals surface area contributed by atoms with Crippen molar-refractivity contribution in [3.05, 3.63) is 33.8 Å². The van der Waals surface area contributed by atoms with Crippen LogP contribution in [0.25, 0.3) is 0 Å². The molecule has 0 bridgehead atoms. The summed E-state index contributed by atoms with van der Waals surface area (Å²) in [6.07, 6.45) is 0. The molecular weight excluding hydrogens is 200 g/mol. The van der Waals surface area contributed by atoms with E-state index in [-0.39, 0.29) is 6.61 Å². The number of aliphatic hydroxyl groups is 1. The second-order valence-corrected chi connectivity index (χ2v) is 3.57. The minimum atomic E-state index is 0.0282. The molecule has 0 fully saturated rings. The molecule has 2 nitrogen and oxygen atoms in total. The first-order valence-electron chi connectivity index (χ1n) is 4.65. The largest absolute Gasteiger partial charge is 0.392 e. The van der Waals surface area contributed by atoms with E-state index in [1.54, 1.807) is 0 Å². The Balaban J connectivity index is 2.95. The molecule has 0 amide bonds. The monoisotopic (exact) mass is 214 g/mol. The van der Waals surface area contributed by atoms with Crippen LogP contribution in [0, 0.1) is 6.92 Å². The summed E-state index contributed by atoms with van der Waals surface area (Å²) in [7, 11) is 0. The van der Waals surface area contributed by atoms with Crippen molar-refractivity contribution in [2.45, 2.75) is 27.1 Å². The van der Waals surface area contributed by atoms with Gasteiger partial charge in [0.15, 0.2) is 0 Å². The van der Waals surface area contributed by atoms with Gasteiger partial charge in [-0.2, -0.15) is 0 Å². The summed E-state index contributed by atoms with van der Waals surface area (Å²) in [5.41, 5.74) is 2.83. The van der Waals surface area contributed by atoms with Gasteiger partial charge < -0.3 is 9.84 Å². The van der Waals surface area contributed by atoms with Crippen LogP contribution < -0.4 is 0 Å². The second-order valence-electron chi connectivity index (χ2n) is 3.17. The number of benzene rings is 1. The van der Waals surface area contributed by atoms with Crippen LogP contribution in [0.4, 0.5) is 0 Å². The Bertz CT molecular complexity index is 310. The quantitative estimate of drug-likeness (QED) is 0.835. The smallest absolute Gasteiger partial charge is 0.0720 e. The van der Waals surface area contributed by atoms with Gasteiger partial charge in [0.25, 0.3) is 0 Å². The summed E-state index contributed by atoms with van der Waals surface area (Å²) in [6, 6.07) is 3.76. The Labute approximate surface area is 89.5 Å². The van der Waals surface area contributed by atoms with E-state index in [0.29, 0.717) is 13.2 Å². The summed E-state index contributed by atoms with van der Waals surface area (Å²) < 4.78 is 5.29. The Kier molecular flexibility index (Phi) is 4.39. The summed E-state index contributed by atoms with van der Waals surface area (Å²) in [4.78, 5) is 0. The van der Waals surface area contributed by atoms with Gasteiger partial charge >= 0.3 is 0 Å². The fourth-order valence-electron chi connectivity index (χ4n) is 1.28. The van der Waals surface area contributed by atoms with Crippen molar-refractivity contribution in [1.29, 1.82) is 0 Å². The summed E-state index contributed by atoms with van der Waals surface area (Å²) in [5.74, 6) is 0. The molecule has 0 atom stereocenters. The highest BCUT2D eigenvalue weighted by Gasteiger charge is 2.05. The molecule has 1 aromatic rings. The van der Waals surface area contributed by atoms with Crippen LogP contribution in [-0.2, 0) is 18.0 Å². The number of ether oxygens (including phenoxy) is 1. The van der Waals surface area contributed by atoms with Gasteiger partial charge in [-0.25, -0.2) is 0 Å². The molecule has 0 saturated carbocycles. The third kappa shape index (κ3) is 2.71. The molecular formula is C11H15ClO2. The molecule has 0 aliphatic heterocycles. The zero-order valence-electron chi connectivity index (χ0n) is 8.51. The topological polar surface area (TPSA) is 29.5 Å². The van der Waals surface area contributed by atoms with Gasteiger partial charge in [-0.3, -0.25) is 0 Å². The van der Waals surface area contributed by atoms with Gasteiger partial charge in [-0.05, 0) is 36.6 Å². The van der Waals surface area contributed by atoms with E-state index in [4.69, 9.17) is 21.4 Å². The molecule has 0 spiro atoms. The van der Waals surface area contributed by atoms with Crippen LogP contribution in [0.1, 0.15) is 23.6 Å². The fourth-order valence-corrected chi connectivity index (χ4v) is 1.46. The predicted octanol–water partition coefficient (Wildman–Crippen LogP) is 2.68. The third-order valence-corrected chi connectivity index (χ3v) is 2.52. The minimum Gasteiger partial charge on any atom is -0.392 e. The SMILES string of the molecule is CCOCc1cc(Cl)c(C)cc1CO. The molecule has 0 aliphatic rings. The maximum atomic E-state index is 9.13. The lowest BCUT2D eigenvalue weighted by atomic mass is 10.1. The number of hydrogen-bond donors (Lipinski definition) is 1. The molecule has 0 heterocycles. The number of halogens is 1. The highest BCUT2D eigenvalue weighted by molar-refractivity contribution is 6.31. The first kappa shape index (κ1) is 11.5. The molecule has 0 aromatic heterocycles. The lowest BCUT2D eigenvalue weighted by Gasteiger charge is -2.09. The fraction of sp³-hybridized carbons (Fsp3) is 0.455. The molecule has 1 aromatic carbocycles. The Morgan fingerprint density at radius 1 is 1.36 bits per heavy atom. The molecule has 78 valence electrons. The van der Waals surface area contributed by atoms with Crippen molar-refractivity contribution in [2.75, 3.05) is 6.61 Å². The maximum Gasteiger partial charge on any atom is 0.0720 e. The zero-order chi connectivity index (χ0) is 10.6. The normalized spacial score (nSPS) is 10.6. The van der Waals surface area contributed by atoms with Crippen molar-refractivity contribution in [3.8, 4) is 0 Å². The standard InChI is InChI=1S/C11H15ClO2/c1-3-14-7-10-5-11(12)8(2)4-9(10)6-13/h4-5,13H,3,6-7H2,1-2H3. The summed E-state index contributed by atoms with van der Waals surface area (Å²) in [5, 5.41) is 9.85. The molecule has 0 radical (unpaired) electrons.